The first-order chi connectivity index (χ1) is 8.61. The van der Waals surface area contributed by atoms with Crippen molar-refractivity contribution in [1.29, 1.82) is 0 Å². The highest BCUT2D eigenvalue weighted by atomic mass is 15.2. The summed E-state index contributed by atoms with van der Waals surface area (Å²) in [7, 11) is 0. The Morgan fingerprint density at radius 1 is 1.06 bits per heavy atom. The second-order valence-electron chi connectivity index (χ2n) is 4.46. The number of aromatic nitrogens is 2. The highest BCUT2D eigenvalue weighted by Gasteiger charge is 2.15. The van der Waals surface area contributed by atoms with Gasteiger partial charge < -0.3 is 0 Å². The van der Waals surface area contributed by atoms with E-state index in [2.05, 4.69) is 21.5 Å². The lowest BCUT2D eigenvalue weighted by molar-refractivity contribution is 0.627. The van der Waals surface area contributed by atoms with Gasteiger partial charge in [0.2, 0.25) is 0 Å². The van der Waals surface area contributed by atoms with Crippen LogP contribution in [0.3, 0.4) is 0 Å². The minimum atomic E-state index is -0.0776. The first-order valence-corrected chi connectivity index (χ1v) is 5.94. The van der Waals surface area contributed by atoms with Crippen LogP contribution in [0.5, 0.6) is 0 Å². The Morgan fingerprint density at radius 3 is 2.33 bits per heavy atom. The van der Waals surface area contributed by atoms with E-state index in [0.717, 1.165) is 28.2 Å². The number of pyridine rings is 2. The quantitative estimate of drug-likeness (QED) is 0.638. The molecule has 0 aliphatic heterocycles. The highest BCUT2D eigenvalue weighted by molar-refractivity contribution is 5.33. The fourth-order valence-electron chi connectivity index (χ4n) is 2.02. The van der Waals surface area contributed by atoms with Gasteiger partial charge in [0.25, 0.3) is 0 Å². The van der Waals surface area contributed by atoms with Crippen LogP contribution in [0.1, 0.15) is 34.3 Å². The summed E-state index contributed by atoms with van der Waals surface area (Å²) in [5.74, 6) is 5.68. The molecule has 1 unspecified atom stereocenters. The molecule has 0 saturated heterocycles. The molecular formula is C14H18N4. The van der Waals surface area contributed by atoms with Crippen molar-refractivity contribution in [2.24, 2.45) is 5.84 Å². The predicted octanol–water partition coefficient (Wildman–Crippen LogP) is 1.95. The molecule has 2 aromatic heterocycles. The van der Waals surface area contributed by atoms with E-state index < -0.39 is 0 Å². The summed E-state index contributed by atoms with van der Waals surface area (Å²) in [6.45, 7) is 5.94. The van der Waals surface area contributed by atoms with Crippen molar-refractivity contribution in [1.82, 2.24) is 15.4 Å². The molecule has 4 nitrogen and oxygen atoms in total. The smallest absolute Gasteiger partial charge is 0.0742 e. The zero-order valence-electron chi connectivity index (χ0n) is 10.9. The van der Waals surface area contributed by atoms with Gasteiger partial charge in [0, 0.05) is 23.3 Å². The van der Waals surface area contributed by atoms with E-state index in [1.165, 1.54) is 0 Å². The Hall–Kier alpha value is -1.78. The summed E-state index contributed by atoms with van der Waals surface area (Å²) >= 11 is 0. The Labute approximate surface area is 107 Å². The van der Waals surface area contributed by atoms with Crippen molar-refractivity contribution in [3.63, 3.8) is 0 Å². The van der Waals surface area contributed by atoms with Crippen LogP contribution in [0.2, 0.25) is 0 Å². The second-order valence-corrected chi connectivity index (χ2v) is 4.46. The van der Waals surface area contributed by atoms with Crippen LogP contribution in [0.25, 0.3) is 0 Å². The second kappa shape index (κ2) is 5.25. The van der Waals surface area contributed by atoms with Gasteiger partial charge >= 0.3 is 0 Å². The van der Waals surface area contributed by atoms with Crippen molar-refractivity contribution in [2.75, 3.05) is 0 Å². The van der Waals surface area contributed by atoms with Crippen LogP contribution in [0.4, 0.5) is 0 Å². The molecule has 2 aromatic rings. The van der Waals surface area contributed by atoms with Gasteiger partial charge in [0.15, 0.2) is 0 Å². The van der Waals surface area contributed by atoms with E-state index in [1.807, 2.05) is 45.2 Å². The molecule has 0 aromatic carbocycles. The molecule has 2 heterocycles. The molecular weight excluding hydrogens is 224 g/mol. The number of nitrogens with one attached hydrogen (secondary N) is 1. The molecule has 0 saturated carbocycles. The van der Waals surface area contributed by atoms with E-state index in [1.54, 1.807) is 0 Å². The van der Waals surface area contributed by atoms with Crippen LogP contribution < -0.4 is 11.3 Å². The average Bonchev–Trinajstić information content (AvgIpc) is 2.35. The Kier molecular flexibility index (Phi) is 3.69. The summed E-state index contributed by atoms with van der Waals surface area (Å²) in [5, 5.41) is 0. The summed E-state index contributed by atoms with van der Waals surface area (Å²) in [6.07, 6.45) is 1.85. The standard InChI is InChI=1S/C14H18N4/c1-9-4-6-12(8-16-9)14(18-15)13-7-5-10(2)17-11(13)3/h4-8,14,18H,15H2,1-3H3. The molecule has 4 heteroatoms. The lowest BCUT2D eigenvalue weighted by atomic mass is 9.99. The largest absolute Gasteiger partial charge is 0.271 e. The molecule has 0 bridgehead atoms. The van der Waals surface area contributed by atoms with Crippen molar-refractivity contribution >= 4 is 0 Å². The zero-order chi connectivity index (χ0) is 13.1. The van der Waals surface area contributed by atoms with E-state index in [9.17, 15) is 0 Å². The van der Waals surface area contributed by atoms with Gasteiger partial charge in [-0.3, -0.25) is 15.8 Å². The summed E-state index contributed by atoms with van der Waals surface area (Å²) in [6, 6.07) is 7.99. The third-order valence-corrected chi connectivity index (χ3v) is 3.01. The minimum Gasteiger partial charge on any atom is -0.271 e. The fourth-order valence-corrected chi connectivity index (χ4v) is 2.02. The molecule has 18 heavy (non-hydrogen) atoms. The van der Waals surface area contributed by atoms with Crippen LogP contribution in [-0.4, -0.2) is 9.97 Å². The topological polar surface area (TPSA) is 63.8 Å². The van der Waals surface area contributed by atoms with Crippen LogP contribution in [-0.2, 0) is 0 Å². The van der Waals surface area contributed by atoms with Crippen LogP contribution >= 0.6 is 0 Å². The van der Waals surface area contributed by atoms with E-state index in [-0.39, 0.29) is 6.04 Å². The summed E-state index contributed by atoms with van der Waals surface area (Å²) < 4.78 is 0. The molecule has 0 aliphatic carbocycles. The number of aryl methyl sites for hydroxylation is 3. The molecule has 1 atom stereocenters. The number of hydrazine groups is 1. The van der Waals surface area contributed by atoms with Gasteiger partial charge in [0.1, 0.15) is 0 Å². The lowest BCUT2D eigenvalue weighted by Gasteiger charge is -2.18. The first kappa shape index (κ1) is 12.7. The molecule has 0 aliphatic rings. The number of nitrogens with zero attached hydrogens (tertiary/aromatic N) is 2. The molecule has 0 amide bonds. The number of hydrogen-bond acceptors (Lipinski definition) is 4. The maximum Gasteiger partial charge on any atom is 0.0742 e. The van der Waals surface area contributed by atoms with E-state index in [0.29, 0.717) is 0 Å². The van der Waals surface area contributed by atoms with Crippen LogP contribution in [0.15, 0.2) is 30.5 Å². The Bertz CT molecular complexity index is 534. The van der Waals surface area contributed by atoms with E-state index in [4.69, 9.17) is 5.84 Å². The van der Waals surface area contributed by atoms with Crippen LogP contribution in [0, 0.1) is 20.8 Å². The Balaban J connectivity index is 2.41. The molecule has 94 valence electrons. The van der Waals surface area contributed by atoms with Gasteiger partial charge in [-0.05, 0) is 44.0 Å². The van der Waals surface area contributed by atoms with Gasteiger partial charge in [-0.1, -0.05) is 12.1 Å². The third-order valence-electron chi connectivity index (χ3n) is 3.01. The third kappa shape index (κ3) is 2.55. The van der Waals surface area contributed by atoms with Gasteiger partial charge in [-0.2, -0.15) is 0 Å². The monoisotopic (exact) mass is 242 g/mol. The van der Waals surface area contributed by atoms with Crippen molar-refractivity contribution < 1.29 is 0 Å². The predicted molar refractivity (Wildman–Crippen MR) is 71.9 cm³/mol. The molecule has 0 fully saturated rings. The van der Waals surface area contributed by atoms with Crippen molar-refractivity contribution in [2.45, 2.75) is 26.8 Å². The van der Waals surface area contributed by atoms with Gasteiger partial charge in [-0.25, -0.2) is 5.43 Å². The van der Waals surface area contributed by atoms with Gasteiger partial charge in [0.05, 0.1) is 6.04 Å². The molecule has 3 N–H and O–H groups in total. The van der Waals surface area contributed by atoms with Crippen molar-refractivity contribution in [3.8, 4) is 0 Å². The zero-order valence-corrected chi connectivity index (χ0v) is 10.9. The molecule has 2 rings (SSSR count). The first-order valence-electron chi connectivity index (χ1n) is 5.94. The van der Waals surface area contributed by atoms with Crippen molar-refractivity contribution in [3.05, 3.63) is 58.7 Å². The lowest BCUT2D eigenvalue weighted by Crippen LogP contribution is -2.29. The molecule has 0 spiro atoms. The maximum absolute atomic E-state index is 5.68. The number of hydrogen-bond donors (Lipinski definition) is 2. The summed E-state index contributed by atoms with van der Waals surface area (Å²) in [5.41, 5.74) is 7.94. The number of nitrogens with two attached hydrogens (primary N) is 1. The number of rotatable bonds is 3. The summed E-state index contributed by atoms with van der Waals surface area (Å²) in [4.78, 5) is 8.77. The highest BCUT2D eigenvalue weighted by Crippen LogP contribution is 2.23. The molecule has 0 radical (unpaired) electrons. The van der Waals surface area contributed by atoms with E-state index >= 15 is 0 Å². The average molecular weight is 242 g/mol. The minimum absolute atomic E-state index is 0.0776. The normalized spacial score (nSPS) is 12.4. The Morgan fingerprint density at radius 2 is 1.78 bits per heavy atom. The SMILES string of the molecule is Cc1ccc(C(NN)c2ccc(C)nc2C)cn1. The fraction of sp³-hybridized carbons (Fsp3) is 0.286. The maximum atomic E-state index is 5.68. The van der Waals surface area contributed by atoms with Gasteiger partial charge in [-0.15, -0.1) is 0 Å².